The number of aryl methyl sites for hydroxylation is 1. The third-order valence-electron chi connectivity index (χ3n) is 2.31. The lowest BCUT2D eigenvalue weighted by molar-refractivity contribution is 0.288. The summed E-state index contributed by atoms with van der Waals surface area (Å²) >= 11 is 0. The summed E-state index contributed by atoms with van der Waals surface area (Å²) < 4.78 is 20.3. The number of hydrogen-bond acceptors (Lipinski definition) is 2. The number of benzene rings is 1. The summed E-state index contributed by atoms with van der Waals surface area (Å²) in [5, 5.41) is 0. The van der Waals surface area contributed by atoms with Gasteiger partial charge in [-0.3, -0.25) is 0 Å². The highest BCUT2D eigenvalue weighted by atomic mass is 19.1. The molecular weight excluding hydrogens is 207 g/mol. The molecule has 1 heterocycles. The number of imidazole rings is 1. The molecule has 0 N–H and O–H groups in total. The van der Waals surface area contributed by atoms with Gasteiger partial charge < -0.3 is 9.30 Å². The van der Waals surface area contributed by atoms with Crippen molar-refractivity contribution in [1.29, 1.82) is 0 Å². The van der Waals surface area contributed by atoms with Crippen molar-refractivity contribution in [2.24, 2.45) is 0 Å². The molecule has 1 aromatic heterocycles. The van der Waals surface area contributed by atoms with Crippen LogP contribution in [0, 0.1) is 5.82 Å². The summed E-state index contributed by atoms with van der Waals surface area (Å²) in [5.74, 6) is 1.06. The van der Waals surface area contributed by atoms with E-state index >= 15 is 0 Å². The van der Waals surface area contributed by atoms with Gasteiger partial charge in [0, 0.05) is 25.0 Å². The van der Waals surface area contributed by atoms with Gasteiger partial charge >= 0.3 is 0 Å². The number of hydrogen-bond donors (Lipinski definition) is 0. The summed E-state index contributed by atoms with van der Waals surface area (Å²) in [6.07, 6.45) is 3.62. The molecule has 1 aromatic carbocycles. The van der Waals surface area contributed by atoms with E-state index in [9.17, 15) is 4.39 Å². The van der Waals surface area contributed by atoms with Crippen molar-refractivity contribution in [3.63, 3.8) is 0 Å². The van der Waals surface area contributed by atoms with Crippen molar-refractivity contribution < 1.29 is 9.13 Å². The lowest BCUT2D eigenvalue weighted by atomic mass is 10.3. The van der Waals surface area contributed by atoms with Crippen LogP contribution in [-0.4, -0.2) is 9.55 Å². The Morgan fingerprint density at radius 2 is 2.31 bits per heavy atom. The summed E-state index contributed by atoms with van der Waals surface area (Å²) in [7, 11) is 0. The lowest BCUT2D eigenvalue weighted by Crippen LogP contribution is -2.05. The second-order valence-corrected chi connectivity index (χ2v) is 3.38. The number of aromatic nitrogens is 2. The van der Waals surface area contributed by atoms with Crippen LogP contribution in [0.5, 0.6) is 5.75 Å². The van der Waals surface area contributed by atoms with E-state index in [2.05, 4.69) is 4.98 Å². The predicted octanol–water partition coefficient (Wildman–Crippen LogP) is 2.62. The second kappa shape index (κ2) is 4.79. The smallest absolute Gasteiger partial charge is 0.146 e. The van der Waals surface area contributed by atoms with Gasteiger partial charge in [-0.1, -0.05) is 6.07 Å². The molecule has 0 radical (unpaired) electrons. The molecule has 0 aliphatic rings. The quantitative estimate of drug-likeness (QED) is 0.792. The molecule has 0 fully saturated rings. The van der Waals surface area contributed by atoms with Gasteiger partial charge in [0.25, 0.3) is 0 Å². The SMILES string of the molecule is CCn1ccnc1COc1cccc(F)c1. The van der Waals surface area contributed by atoms with E-state index in [0.29, 0.717) is 12.4 Å². The van der Waals surface area contributed by atoms with Crippen LogP contribution in [0.15, 0.2) is 36.7 Å². The number of rotatable bonds is 4. The van der Waals surface area contributed by atoms with E-state index in [1.54, 1.807) is 18.3 Å². The maximum absolute atomic E-state index is 12.9. The molecule has 0 unspecified atom stereocenters. The molecule has 0 saturated heterocycles. The Labute approximate surface area is 93.5 Å². The highest BCUT2D eigenvalue weighted by Crippen LogP contribution is 2.13. The average Bonchev–Trinajstić information content (AvgIpc) is 2.74. The van der Waals surface area contributed by atoms with Crippen molar-refractivity contribution in [2.75, 3.05) is 0 Å². The first kappa shape index (κ1) is 10.7. The van der Waals surface area contributed by atoms with Crippen LogP contribution in [0.1, 0.15) is 12.7 Å². The molecule has 0 saturated carbocycles. The molecule has 4 heteroatoms. The Bertz CT molecular complexity index is 468. The van der Waals surface area contributed by atoms with Crippen LogP contribution in [-0.2, 0) is 13.2 Å². The first-order valence-corrected chi connectivity index (χ1v) is 5.18. The fraction of sp³-hybridized carbons (Fsp3) is 0.250. The van der Waals surface area contributed by atoms with Crippen molar-refractivity contribution >= 4 is 0 Å². The predicted molar refractivity (Wildman–Crippen MR) is 58.6 cm³/mol. The molecule has 2 rings (SSSR count). The Morgan fingerprint density at radius 3 is 3.06 bits per heavy atom. The number of ether oxygens (including phenoxy) is 1. The zero-order valence-electron chi connectivity index (χ0n) is 9.06. The van der Waals surface area contributed by atoms with Crippen LogP contribution in [0.4, 0.5) is 4.39 Å². The first-order valence-electron chi connectivity index (χ1n) is 5.18. The Kier molecular flexibility index (Phi) is 3.19. The van der Waals surface area contributed by atoms with Crippen LogP contribution in [0.25, 0.3) is 0 Å². The number of halogens is 1. The van der Waals surface area contributed by atoms with Gasteiger partial charge in [-0.15, -0.1) is 0 Å². The first-order chi connectivity index (χ1) is 7.79. The minimum absolute atomic E-state index is 0.295. The Balaban J connectivity index is 2.02. The lowest BCUT2D eigenvalue weighted by Gasteiger charge is -2.07. The fourth-order valence-corrected chi connectivity index (χ4v) is 1.47. The largest absolute Gasteiger partial charge is 0.486 e. The molecule has 84 valence electrons. The van der Waals surface area contributed by atoms with Crippen molar-refractivity contribution in [2.45, 2.75) is 20.1 Å². The number of nitrogens with zero attached hydrogens (tertiary/aromatic N) is 2. The summed E-state index contributed by atoms with van der Waals surface area (Å²) in [5.41, 5.74) is 0. The van der Waals surface area contributed by atoms with Gasteiger partial charge in [-0.05, 0) is 19.1 Å². The van der Waals surface area contributed by atoms with E-state index < -0.39 is 0 Å². The van der Waals surface area contributed by atoms with Gasteiger partial charge in [-0.25, -0.2) is 9.37 Å². The van der Waals surface area contributed by atoms with Crippen molar-refractivity contribution in [1.82, 2.24) is 9.55 Å². The van der Waals surface area contributed by atoms with Crippen molar-refractivity contribution in [3.8, 4) is 5.75 Å². The van der Waals surface area contributed by atoms with E-state index in [1.165, 1.54) is 12.1 Å². The van der Waals surface area contributed by atoms with Crippen LogP contribution < -0.4 is 4.74 Å². The maximum Gasteiger partial charge on any atom is 0.146 e. The summed E-state index contributed by atoms with van der Waals surface area (Å²) in [4.78, 5) is 4.17. The topological polar surface area (TPSA) is 27.1 Å². The van der Waals surface area contributed by atoms with Crippen LogP contribution in [0.3, 0.4) is 0 Å². The third kappa shape index (κ3) is 2.39. The third-order valence-corrected chi connectivity index (χ3v) is 2.31. The van der Waals surface area contributed by atoms with Gasteiger partial charge in [0.1, 0.15) is 24.0 Å². The van der Waals surface area contributed by atoms with E-state index in [-0.39, 0.29) is 5.82 Å². The van der Waals surface area contributed by atoms with E-state index in [0.717, 1.165) is 12.4 Å². The van der Waals surface area contributed by atoms with Crippen LogP contribution in [0.2, 0.25) is 0 Å². The molecule has 2 aromatic rings. The Morgan fingerprint density at radius 1 is 1.44 bits per heavy atom. The molecule has 0 aliphatic carbocycles. The minimum atomic E-state index is -0.295. The highest BCUT2D eigenvalue weighted by molar-refractivity contribution is 5.22. The van der Waals surface area contributed by atoms with Gasteiger partial charge in [0.2, 0.25) is 0 Å². The van der Waals surface area contributed by atoms with Gasteiger partial charge in [0.15, 0.2) is 0 Å². The monoisotopic (exact) mass is 220 g/mol. The normalized spacial score (nSPS) is 10.4. The molecule has 16 heavy (non-hydrogen) atoms. The van der Waals surface area contributed by atoms with Gasteiger partial charge in [-0.2, -0.15) is 0 Å². The van der Waals surface area contributed by atoms with E-state index in [1.807, 2.05) is 17.7 Å². The van der Waals surface area contributed by atoms with Gasteiger partial charge in [0.05, 0.1) is 0 Å². The molecule has 0 spiro atoms. The Hall–Kier alpha value is -1.84. The minimum Gasteiger partial charge on any atom is -0.486 e. The highest BCUT2D eigenvalue weighted by Gasteiger charge is 2.02. The zero-order chi connectivity index (χ0) is 11.4. The van der Waals surface area contributed by atoms with E-state index in [4.69, 9.17) is 4.74 Å². The standard InChI is InChI=1S/C12H13FN2O/c1-2-15-7-6-14-12(15)9-16-11-5-3-4-10(13)8-11/h3-8H,2,9H2,1H3. The molecule has 0 bridgehead atoms. The zero-order valence-corrected chi connectivity index (χ0v) is 9.06. The summed E-state index contributed by atoms with van der Waals surface area (Å²) in [6.45, 7) is 3.24. The molecular formula is C12H13FN2O. The second-order valence-electron chi connectivity index (χ2n) is 3.38. The molecule has 0 atom stereocenters. The molecule has 0 aliphatic heterocycles. The van der Waals surface area contributed by atoms with Crippen molar-refractivity contribution in [3.05, 3.63) is 48.3 Å². The van der Waals surface area contributed by atoms with Crippen LogP contribution >= 0.6 is 0 Å². The molecule has 3 nitrogen and oxygen atoms in total. The maximum atomic E-state index is 12.9. The summed E-state index contributed by atoms with van der Waals surface area (Å²) in [6, 6.07) is 6.10. The fourth-order valence-electron chi connectivity index (χ4n) is 1.47. The average molecular weight is 220 g/mol. The molecule has 0 amide bonds.